The molecular formula is C23H20N2O5S. The minimum atomic E-state index is -3.76. The maximum Gasteiger partial charge on any atom is 0.245 e. The SMILES string of the molecule is CC(=O)c1cccc(N(CC(=O)Nc2ccc3c(c2)oc2ccccc23)S(C)(=O)=O)c1. The number of amides is 1. The standard InChI is InChI=1S/C23H20N2O5S/c1-15(26)16-6-5-7-18(12-16)25(31(2,28)29)14-23(27)24-17-10-11-20-19-8-3-4-9-21(19)30-22(20)13-17/h3-13H,14H2,1-2H3,(H,24,27). The summed E-state index contributed by atoms with van der Waals surface area (Å²) in [5.41, 5.74) is 2.46. The van der Waals surface area contributed by atoms with Gasteiger partial charge in [0, 0.05) is 28.1 Å². The molecule has 3 aromatic carbocycles. The molecular weight excluding hydrogens is 416 g/mol. The van der Waals surface area contributed by atoms with Gasteiger partial charge in [-0.3, -0.25) is 13.9 Å². The van der Waals surface area contributed by atoms with E-state index in [1.54, 1.807) is 30.3 Å². The molecule has 158 valence electrons. The molecule has 0 radical (unpaired) electrons. The second kappa shape index (κ2) is 7.88. The van der Waals surface area contributed by atoms with Crippen LogP contribution in [-0.2, 0) is 14.8 Å². The van der Waals surface area contributed by atoms with Crippen LogP contribution in [0.1, 0.15) is 17.3 Å². The van der Waals surface area contributed by atoms with E-state index in [1.165, 1.54) is 13.0 Å². The Morgan fingerprint density at radius 1 is 0.935 bits per heavy atom. The van der Waals surface area contributed by atoms with Crippen LogP contribution < -0.4 is 9.62 Å². The second-order valence-corrected chi connectivity index (χ2v) is 9.14. The van der Waals surface area contributed by atoms with Crippen molar-refractivity contribution in [2.24, 2.45) is 0 Å². The van der Waals surface area contributed by atoms with E-state index in [4.69, 9.17) is 4.42 Å². The van der Waals surface area contributed by atoms with E-state index < -0.39 is 22.5 Å². The van der Waals surface area contributed by atoms with Crippen LogP contribution in [0.5, 0.6) is 0 Å². The summed E-state index contributed by atoms with van der Waals surface area (Å²) >= 11 is 0. The van der Waals surface area contributed by atoms with E-state index in [2.05, 4.69) is 5.32 Å². The van der Waals surface area contributed by atoms with Gasteiger partial charge in [-0.2, -0.15) is 0 Å². The van der Waals surface area contributed by atoms with Gasteiger partial charge in [0.15, 0.2) is 5.78 Å². The van der Waals surface area contributed by atoms with E-state index in [1.807, 2.05) is 30.3 Å². The van der Waals surface area contributed by atoms with Crippen molar-refractivity contribution in [1.82, 2.24) is 0 Å². The van der Waals surface area contributed by atoms with Crippen molar-refractivity contribution in [2.75, 3.05) is 22.4 Å². The number of sulfonamides is 1. The highest BCUT2D eigenvalue weighted by molar-refractivity contribution is 7.92. The van der Waals surface area contributed by atoms with Gasteiger partial charge in [-0.25, -0.2) is 8.42 Å². The molecule has 0 bridgehead atoms. The summed E-state index contributed by atoms with van der Waals surface area (Å²) in [4.78, 5) is 24.3. The van der Waals surface area contributed by atoms with Crippen LogP contribution in [0.2, 0.25) is 0 Å². The number of furan rings is 1. The van der Waals surface area contributed by atoms with Crippen LogP contribution >= 0.6 is 0 Å². The monoisotopic (exact) mass is 436 g/mol. The number of carbonyl (C=O) groups is 2. The molecule has 0 unspecified atom stereocenters. The van der Waals surface area contributed by atoms with Crippen LogP contribution in [-0.4, -0.2) is 32.9 Å². The fraction of sp³-hybridized carbons (Fsp3) is 0.130. The zero-order valence-electron chi connectivity index (χ0n) is 17.0. The first-order valence-corrected chi connectivity index (χ1v) is 11.4. The third kappa shape index (κ3) is 4.29. The molecule has 0 aliphatic heterocycles. The quantitative estimate of drug-likeness (QED) is 0.457. The second-order valence-electron chi connectivity index (χ2n) is 7.23. The van der Waals surface area contributed by atoms with E-state index >= 15 is 0 Å². The van der Waals surface area contributed by atoms with E-state index in [0.717, 1.165) is 26.9 Å². The van der Waals surface area contributed by atoms with Crippen LogP contribution in [0.4, 0.5) is 11.4 Å². The van der Waals surface area contributed by atoms with Crippen LogP contribution in [0.25, 0.3) is 21.9 Å². The van der Waals surface area contributed by atoms with Crippen LogP contribution in [0, 0.1) is 0 Å². The molecule has 0 aliphatic rings. The predicted molar refractivity (Wildman–Crippen MR) is 121 cm³/mol. The molecule has 31 heavy (non-hydrogen) atoms. The van der Waals surface area contributed by atoms with Gasteiger partial charge in [0.05, 0.1) is 11.9 Å². The Morgan fingerprint density at radius 2 is 1.68 bits per heavy atom. The number of nitrogens with one attached hydrogen (secondary N) is 1. The molecule has 1 heterocycles. The smallest absolute Gasteiger partial charge is 0.245 e. The molecule has 0 atom stereocenters. The Labute approximate surface area is 179 Å². The van der Waals surface area contributed by atoms with Crippen molar-refractivity contribution in [3.8, 4) is 0 Å². The average molecular weight is 436 g/mol. The number of rotatable bonds is 6. The van der Waals surface area contributed by atoms with Crippen molar-refractivity contribution >= 4 is 55.0 Å². The first-order chi connectivity index (χ1) is 14.7. The Balaban J connectivity index is 1.59. The van der Waals surface area contributed by atoms with E-state index in [-0.39, 0.29) is 11.5 Å². The van der Waals surface area contributed by atoms with E-state index in [0.29, 0.717) is 16.8 Å². The highest BCUT2D eigenvalue weighted by Crippen LogP contribution is 2.30. The number of anilines is 2. The molecule has 1 N–H and O–H groups in total. The number of hydrogen-bond acceptors (Lipinski definition) is 5. The predicted octanol–water partition coefficient (Wildman–Crippen LogP) is 4.19. The van der Waals surface area contributed by atoms with Gasteiger partial charge < -0.3 is 9.73 Å². The summed E-state index contributed by atoms with van der Waals surface area (Å²) < 4.78 is 31.4. The number of para-hydroxylation sites is 1. The summed E-state index contributed by atoms with van der Waals surface area (Å²) in [6.07, 6.45) is 1.02. The molecule has 1 amide bonds. The largest absolute Gasteiger partial charge is 0.456 e. The zero-order chi connectivity index (χ0) is 22.2. The van der Waals surface area contributed by atoms with Crippen molar-refractivity contribution in [3.05, 3.63) is 72.3 Å². The Hall–Kier alpha value is -3.65. The minimum Gasteiger partial charge on any atom is -0.456 e. The van der Waals surface area contributed by atoms with Crippen molar-refractivity contribution in [3.63, 3.8) is 0 Å². The zero-order valence-corrected chi connectivity index (χ0v) is 17.8. The number of ketones is 1. The normalized spacial score (nSPS) is 11.5. The molecule has 7 nitrogen and oxygen atoms in total. The molecule has 4 rings (SSSR count). The number of hydrogen-bond donors (Lipinski definition) is 1. The molecule has 8 heteroatoms. The topological polar surface area (TPSA) is 96.7 Å². The van der Waals surface area contributed by atoms with Crippen LogP contribution in [0.15, 0.2) is 71.1 Å². The molecule has 0 fully saturated rings. The van der Waals surface area contributed by atoms with Gasteiger partial charge in [0.1, 0.15) is 17.7 Å². The lowest BCUT2D eigenvalue weighted by molar-refractivity contribution is -0.114. The number of Topliss-reactive ketones (excluding diaryl/α,β-unsaturated/α-hetero) is 1. The Kier molecular flexibility index (Phi) is 5.24. The third-order valence-electron chi connectivity index (χ3n) is 4.89. The summed E-state index contributed by atoms with van der Waals surface area (Å²) in [5, 5.41) is 4.62. The van der Waals surface area contributed by atoms with Crippen molar-refractivity contribution in [2.45, 2.75) is 6.92 Å². The van der Waals surface area contributed by atoms with Crippen molar-refractivity contribution < 1.29 is 22.4 Å². The Morgan fingerprint density at radius 3 is 2.42 bits per heavy atom. The fourth-order valence-corrected chi connectivity index (χ4v) is 4.26. The maximum absolute atomic E-state index is 12.7. The third-order valence-corrected chi connectivity index (χ3v) is 6.03. The van der Waals surface area contributed by atoms with E-state index in [9.17, 15) is 18.0 Å². The van der Waals surface area contributed by atoms with Gasteiger partial charge >= 0.3 is 0 Å². The van der Waals surface area contributed by atoms with Gasteiger partial charge in [0.25, 0.3) is 0 Å². The molecule has 0 spiro atoms. The number of nitrogens with zero attached hydrogens (tertiary/aromatic N) is 1. The average Bonchev–Trinajstić information content (AvgIpc) is 3.09. The maximum atomic E-state index is 12.7. The highest BCUT2D eigenvalue weighted by Gasteiger charge is 2.22. The number of benzene rings is 3. The van der Waals surface area contributed by atoms with Gasteiger partial charge in [-0.05, 0) is 37.3 Å². The number of carbonyl (C=O) groups excluding carboxylic acids is 2. The number of fused-ring (bicyclic) bond motifs is 3. The first kappa shape index (κ1) is 20.6. The van der Waals surface area contributed by atoms with Gasteiger partial charge in [-0.1, -0.05) is 30.3 Å². The van der Waals surface area contributed by atoms with Crippen molar-refractivity contribution in [1.29, 1.82) is 0 Å². The lowest BCUT2D eigenvalue weighted by atomic mass is 10.1. The highest BCUT2D eigenvalue weighted by atomic mass is 32.2. The summed E-state index contributed by atoms with van der Waals surface area (Å²) in [6.45, 7) is 0.961. The first-order valence-electron chi connectivity index (χ1n) is 9.52. The lowest BCUT2D eigenvalue weighted by Gasteiger charge is -2.22. The molecule has 0 saturated carbocycles. The Bertz CT molecular complexity index is 1420. The summed E-state index contributed by atoms with van der Waals surface area (Å²) in [6, 6.07) is 19.1. The summed E-state index contributed by atoms with van der Waals surface area (Å²) in [5.74, 6) is -0.715. The van der Waals surface area contributed by atoms with Gasteiger partial charge in [0.2, 0.25) is 15.9 Å². The lowest BCUT2D eigenvalue weighted by Crippen LogP contribution is -2.37. The van der Waals surface area contributed by atoms with Gasteiger partial charge in [-0.15, -0.1) is 0 Å². The summed E-state index contributed by atoms with van der Waals surface area (Å²) in [7, 11) is -3.76. The molecule has 0 aliphatic carbocycles. The molecule has 1 aromatic heterocycles. The molecule has 0 saturated heterocycles. The molecule has 4 aromatic rings. The fourth-order valence-electron chi connectivity index (χ4n) is 3.41. The minimum absolute atomic E-state index is 0.195. The van der Waals surface area contributed by atoms with Crippen LogP contribution in [0.3, 0.4) is 0 Å².